The fraction of sp³-hybridized carbons (Fsp3) is 0.600. The molecule has 2 N–H and O–H groups in total. The van der Waals surface area contributed by atoms with Gasteiger partial charge in [0.1, 0.15) is 0 Å². The average molecular weight is 191 g/mol. The Bertz CT molecular complexity index is 356. The van der Waals surface area contributed by atoms with Gasteiger partial charge in [0.2, 0.25) is 5.89 Å². The third-order valence-corrected chi connectivity index (χ3v) is 1.81. The number of hydrogen-bond donors (Lipinski definition) is 1. The molecule has 0 spiro atoms. The van der Waals surface area contributed by atoms with Gasteiger partial charge in [-0.2, -0.15) is 0 Å². The Morgan fingerprint density at radius 2 is 2.17 bits per heavy atom. The molecule has 1 aromatic heterocycles. The molecule has 0 saturated carbocycles. The highest BCUT2D eigenvalue weighted by Crippen LogP contribution is 2.05. The van der Waals surface area contributed by atoms with Crippen molar-refractivity contribution in [3.63, 3.8) is 0 Å². The maximum Gasteiger partial charge on any atom is 0.351 e. The van der Waals surface area contributed by atoms with E-state index in [1.807, 2.05) is 6.92 Å². The topological polar surface area (TPSA) is 99.1 Å². The Kier molecular flexibility index (Phi) is 2.43. The molecule has 0 radical (unpaired) electrons. The van der Waals surface area contributed by atoms with Crippen LogP contribution in [0.2, 0.25) is 0 Å². The molecule has 0 atom stereocenters. The van der Waals surface area contributed by atoms with Gasteiger partial charge in [-0.1, -0.05) is 12.0 Å². The maximum atomic E-state index is 10.6. The number of aromatic nitrogens is 2. The number of aryl methyl sites for hydroxylation is 1. The van der Waals surface area contributed by atoms with E-state index in [4.69, 9.17) is 9.56 Å². The van der Waals surface area contributed by atoms with E-state index in [-0.39, 0.29) is 0 Å². The first kappa shape index (κ1) is 9.14. The summed E-state index contributed by atoms with van der Waals surface area (Å²) in [6, 6.07) is 0. The van der Waals surface area contributed by atoms with Crippen molar-refractivity contribution in [2.75, 3.05) is 0 Å². The summed E-state index contributed by atoms with van der Waals surface area (Å²) in [6.07, 6.45) is 1.37. The predicted octanol–water partition coefficient (Wildman–Crippen LogP) is -0.330. The number of nitrogens with two attached hydrogens (primary N) is 1. The van der Waals surface area contributed by atoms with Crippen molar-refractivity contribution in [3.05, 3.63) is 5.89 Å². The Balaban J connectivity index is 2.92. The Labute approximate surface area is 69.8 Å². The normalized spacial score (nSPS) is 11.8. The third-order valence-electron chi connectivity index (χ3n) is 1.16. The highest BCUT2D eigenvalue weighted by atomic mass is 32.2. The van der Waals surface area contributed by atoms with Gasteiger partial charge in [-0.15, -0.1) is 5.10 Å². The van der Waals surface area contributed by atoms with Crippen molar-refractivity contribution in [2.24, 2.45) is 5.14 Å². The minimum atomic E-state index is -3.84. The van der Waals surface area contributed by atoms with E-state index in [0.717, 1.165) is 6.42 Å². The average Bonchev–Trinajstić information content (AvgIpc) is 2.35. The molecule has 68 valence electrons. The molecule has 6 nitrogen and oxygen atoms in total. The fourth-order valence-corrected chi connectivity index (χ4v) is 1.04. The molecular weight excluding hydrogens is 182 g/mol. The van der Waals surface area contributed by atoms with Gasteiger partial charge in [0.25, 0.3) is 10.0 Å². The Morgan fingerprint density at radius 3 is 2.58 bits per heavy atom. The van der Waals surface area contributed by atoms with Crippen molar-refractivity contribution in [3.8, 4) is 0 Å². The highest BCUT2D eigenvalue weighted by Gasteiger charge is 2.16. The van der Waals surface area contributed by atoms with Crippen LogP contribution < -0.4 is 5.14 Å². The summed E-state index contributed by atoms with van der Waals surface area (Å²) in [5.41, 5.74) is 0. The second-order valence-corrected chi connectivity index (χ2v) is 3.70. The standard InChI is InChI=1S/C5H9N3O3S/c1-2-3-4-7-8-5(11-4)12(6,9)10/h2-3H2,1H3,(H2,6,9,10). The van der Waals surface area contributed by atoms with Crippen molar-refractivity contribution in [1.29, 1.82) is 0 Å². The molecule has 0 saturated heterocycles. The van der Waals surface area contributed by atoms with Gasteiger partial charge in [-0.3, -0.25) is 0 Å². The van der Waals surface area contributed by atoms with Crippen LogP contribution in [-0.4, -0.2) is 18.6 Å². The lowest BCUT2D eigenvalue weighted by atomic mass is 10.3. The molecule has 0 bridgehead atoms. The van der Waals surface area contributed by atoms with Crippen molar-refractivity contribution in [2.45, 2.75) is 25.0 Å². The lowest BCUT2D eigenvalue weighted by Crippen LogP contribution is -2.12. The van der Waals surface area contributed by atoms with E-state index in [2.05, 4.69) is 10.2 Å². The largest absolute Gasteiger partial charge is 0.412 e. The van der Waals surface area contributed by atoms with E-state index in [1.54, 1.807) is 0 Å². The van der Waals surface area contributed by atoms with Gasteiger partial charge in [0.15, 0.2) is 0 Å². The second-order valence-electron chi connectivity index (χ2n) is 2.26. The van der Waals surface area contributed by atoms with Gasteiger partial charge in [-0.05, 0) is 6.42 Å². The van der Waals surface area contributed by atoms with E-state index < -0.39 is 15.2 Å². The molecule has 0 unspecified atom stereocenters. The number of nitrogens with zero attached hydrogens (tertiary/aromatic N) is 2. The highest BCUT2D eigenvalue weighted by molar-refractivity contribution is 7.88. The minimum absolute atomic E-state index is 0.293. The number of primary sulfonamides is 1. The first-order valence-corrected chi connectivity index (χ1v) is 4.94. The van der Waals surface area contributed by atoms with Crippen LogP contribution in [0.25, 0.3) is 0 Å². The van der Waals surface area contributed by atoms with Crippen molar-refractivity contribution in [1.82, 2.24) is 10.2 Å². The maximum absolute atomic E-state index is 10.6. The van der Waals surface area contributed by atoms with Gasteiger partial charge in [0, 0.05) is 6.42 Å². The number of sulfonamides is 1. The zero-order chi connectivity index (χ0) is 9.19. The molecule has 1 rings (SSSR count). The number of rotatable bonds is 3. The molecule has 0 amide bonds. The van der Waals surface area contributed by atoms with Crippen LogP contribution in [0.3, 0.4) is 0 Å². The summed E-state index contributed by atoms with van der Waals surface area (Å²) in [7, 11) is -3.84. The molecule has 0 fully saturated rings. The summed E-state index contributed by atoms with van der Waals surface area (Å²) in [5.74, 6) is 0.293. The van der Waals surface area contributed by atoms with E-state index in [1.165, 1.54) is 0 Å². The van der Waals surface area contributed by atoms with Gasteiger partial charge >= 0.3 is 5.22 Å². The monoisotopic (exact) mass is 191 g/mol. The summed E-state index contributed by atoms with van der Waals surface area (Å²) < 4.78 is 26.0. The summed E-state index contributed by atoms with van der Waals surface area (Å²) in [4.78, 5) is 0. The summed E-state index contributed by atoms with van der Waals surface area (Å²) >= 11 is 0. The smallest absolute Gasteiger partial charge is 0.351 e. The zero-order valence-corrected chi connectivity index (χ0v) is 7.34. The quantitative estimate of drug-likeness (QED) is 0.705. The van der Waals surface area contributed by atoms with Gasteiger partial charge < -0.3 is 4.42 Å². The van der Waals surface area contributed by atoms with Crippen LogP contribution in [0.5, 0.6) is 0 Å². The third kappa shape index (κ3) is 2.02. The molecule has 0 aromatic carbocycles. The van der Waals surface area contributed by atoms with Crippen LogP contribution in [0.15, 0.2) is 9.64 Å². The molecule has 1 aromatic rings. The summed E-state index contributed by atoms with van der Waals surface area (Å²) in [6.45, 7) is 1.92. The lowest BCUT2D eigenvalue weighted by Gasteiger charge is -1.87. The van der Waals surface area contributed by atoms with E-state index >= 15 is 0 Å². The molecule has 12 heavy (non-hydrogen) atoms. The minimum Gasteiger partial charge on any atom is -0.412 e. The molecule has 0 aliphatic rings. The Hall–Kier alpha value is -0.950. The number of hydrogen-bond acceptors (Lipinski definition) is 5. The molecule has 1 heterocycles. The first-order chi connectivity index (χ1) is 5.54. The van der Waals surface area contributed by atoms with Gasteiger partial charge in [0.05, 0.1) is 0 Å². The molecular formula is C5H9N3O3S. The molecule has 0 aliphatic carbocycles. The van der Waals surface area contributed by atoms with Crippen molar-refractivity contribution >= 4 is 10.0 Å². The Morgan fingerprint density at radius 1 is 1.50 bits per heavy atom. The van der Waals surface area contributed by atoms with Crippen LogP contribution in [0, 0.1) is 0 Å². The van der Waals surface area contributed by atoms with Crippen molar-refractivity contribution < 1.29 is 12.8 Å². The zero-order valence-electron chi connectivity index (χ0n) is 6.52. The van der Waals surface area contributed by atoms with E-state index in [0.29, 0.717) is 12.3 Å². The van der Waals surface area contributed by atoms with E-state index in [9.17, 15) is 8.42 Å². The molecule has 7 heteroatoms. The summed E-state index contributed by atoms with van der Waals surface area (Å²) in [5, 5.41) is 11.0. The van der Waals surface area contributed by atoms with Gasteiger partial charge in [-0.25, -0.2) is 13.6 Å². The van der Waals surface area contributed by atoms with Crippen LogP contribution >= 0.6 is 0 Å². The lowest BCUT2D eigenvalue weighted by molar-refractivity contribution is 0.395. The van der Waals surface area contributed by atoms with Crippen LogP contribution in [0.4, 0.5) is 0 Å². The van der Waals surface area contributed by atoms with Crippen LogP contribution in [0.1, 0.15) is 19.2 Å². The first-order valence-electron chi connectivity index (χ1n) is 3.39. The van der Waals surface area contributed by atoms with Crippen LogP contribution in [-0.2, 0) is 16.4 Å². The second kappa shape index (κ2) is 3.20. The SMILES string of the molecule is CCCc1nnc(S(N)(=O)=O)o1. The fourth-order valence-electron chi connectivity index (χ4n) is 0.668. The predicted molar refractivity (Wildman–Crippen MR) is 39.7 cm³/mol. The molecule has 0 aliphatic heterocycles.